The summed E-state index contributed by atoms with van der Waals surface area (Å²) in [6.07, 6.45) is 1.69. The van der Waals surface area contributed by atoms with Crippen LogP contribution in [-0.2, 0) is 17.3 Å². The summed E-state index contributed by atoms with van der Waals surface area (Å²) >= 11 is 0. The summed E-state index contributed by atoms with van der Waals surface area (Å²) in [6.45, 7) is 6.46. The normalized spacial score (nSPS) is 17.9. The van der Waals surface area contributed by atoms with Gasteiger partial charge in [0, 0.05) is 48.0 Å². The Morgan fingerprint density at radius 3 is 2.88 bits per heavy atom. The van der Waals surface area contributed by atoms with Gasteiger partial charge in [-0.1, -0.05) is 13.8 Å². The van der Waals surface area contributed by atoms with E-state index in [0.717, 1.165) is 25.3 Å². The van der Waals surface area contributed by atoms with Gasteiger partial charge in [0.25, 0.3) is 6.01 Å². The smallest absolute Gasteiger partial charge is 0.297 e. The molecule has 1 aliphatic heterocycles. The molecule has 6 heteroatoms. The highest BCUT2D eigenvalue weighted by Crippen LogP contribution is 2.15. The molecule has 0 atom stereocenters. The van der Waals surface area contributed by atoms with E-state index < -0.39 is 10.8 Å². The quantitative estimate of drug-likeness (QED) is 0.862. The molecule has 0 aromatic carbocycles. The Balaban J connectivity index is 1.91. The minimum Gasteiger partial charge on any atom is -0.432 e. The van der Waals surface area contributed by atoms with Crippen LogP contribution in [0.5, 0.6) is 0 Å². The predicted octanol–water partition coefficient (Wildman–Crippen LogP) is 0.741. The highest BCUT2D eigenvalue weighted by atomic mass is 32.2. The largest absolute Gasteiger partial charge is 0.432 e. The van der Waals surface area contributed by atoms with E-state index in [2.05, 4.69) is 29.0 Å². The fourth-order valence-corrected chi connectivity index (χ4v) is 2.71. The van der Waals surface area contributed by atoms with Crippen LogP contribution in [0.4, 0.5) is 6.01 Å². The molecule has 0 saturated carbocycles. The minimum absolute atomic E-state index is 0.438. The number of rotatable bonds is 4. The first-order valence-electron chi connectivity index (χ1n) is 5.93. The molecule has 1 aliphatic rings. The molecule has 0 amide bonds. The van der Waals surface area contributed by atoms with Crippen LogP contribution in [0.2, 0.25) is 0 Å². The van der Waals surface area contributed by atoms with E-state index >= 15 is 0 Å². The molecule has 96 valence electrons. The van der Waals surface area contributed by atoms with Crippen LogP contribution in [-0.4, -0.2) is 39.8 Å². The van der Waals surface area contributed by atoms with Crippen LogP contribution in [0.25, 0.3) is 0 Å². The number of nitrogens with one attached hydrogen (secondary N) is 1. The molecule has 1 N–H and O–H groups in total. The van der Waals surface area contributed by atoms with Gasteiger partial charge in [-0.25, -0.2) is 0 Å². The minimum atomic E-state index is -0.661. The van der Waals surface area contributed by atoms with Crippen molar-refractivity contribution in [2.24, 2.45) is 0 Å². The monoisotopic (exact) mass is 257 g/mol. The maximum atomic E-state index is 11.2. The van der Waals surface area contributed by atoms with Crippen molar-refractivity contribution in [2.45, 2.75) is 26.4 Å². The van der Waals surface area contributed by atoms with Crippen molar-refractivity contribution in [3.63, 3.8) is 0 Å². The average molecular weight is 257 g/mol. The Morgan fingerprint density at radius 2 is 2.24 bits per heavy atom. The Labute approximate surface area is 104 Å². The molecule has 1 saturated heterocycles. The molecule has 0 spiro atoms. The Morgan fingerprint density at radius 1 is 1.53 bits per heavy atom. The first kappa shape index (κ1) is 12.6. The molecule has 1 aromatic rings. The van der Waals surface area contributed by atoms with Crippen LogP contribution < -0.4 is 10.2 Å². The second kappa shape index (κ2) is 5.64. The molecule has 2 rings (SSSR count). The van der Waals surface area contributed by atoms with Crippen molar-refractivity contribution >= 4 is 16.8 Å². The van der Waals surface area contributed by atoms with Gasteiger partial charge in [0.15, 0.2) is 0 Å². The Kier molecular flexibility index (Phi) is 4.17. The van der Waals surface area contributed by atoms with Gasteiger partial charge in [0.2, 0.25) is 0 Å². The van der Waals surface area contributed by atoms with Crippen molar-refractivity contribution in [3.05, 3.63) is 12.0 Å². The lowest BCUT2D eigenvalue weighted by atomic mass is 10.4. The topological polar surface area (TPSA) is 58.4 Å². The van der Waals surface area contributed by atoms with E-state index in [1.54, 1.807) is 6.26 Å². The summed E-state index contributed by atoms with van der Waals surface area (Å²) in [4.78, 5) is 6.48. The summed E-state index contributed by atoms with van der Waals surface area (Å²) in [5.41, 5.74) is 0.917. The number of aromatic nitrogens is 1. The highest BCUT2D eigenvalue weighted by molar-refractivity contribution is 7.85. The SMILES string of the molecule is CC(C)NCc1coc(N2CCS(=O)CC2)n1. The molecule has 1 fully saturated rings. The summed E-state index contributed by atoms with van der Waals surface area (Å²) in [7, 11) is -0.661. The van der Waals surface area contributed by atoms with Gasteiger partial charge in [-0.05, 0) is 0 Å². The molecule has 5 nitrogen and oxygen atoms in total. The van der Waals surface area contributed by atoms with Gasteiger partial charge in [-0.3, -0.25) is 4.21 Å². The van der Waals surface area contributed by atoms with Crippen molar-refractivity contribution in [1.29, 1.82) is 0 Å². The van der Waals surface area contributed by atoms with E-state index in [-0.39, 0.29) is 0 Å². The van der Waals surface area contributed by atoms with Crippen LogP contribution in [0, 0.1) is 0 Å². The summed E-state index contributed by atoms with van der Waals surface area (Å²) in [5, 5.41) is 3.30. The van der Waals surface area contributed by atoms with Gasteiger partial charge in [-0.2, -0.15) is 4.98 Å². The third-order valence-electron chi connectivity index (χ3n) is 2.68. The molecule has 2 heterocycles. The zero-order valence-electron chi connectivity index (χ0n) is 10.3. The molecular weight excluding hydrogens is 238 g/mol. The Bertz CT molecular complexity index is 382. The van der Waals surface area contributed by atoms with Gasteiger partial charge in [0.1, 0.15) is 6.26 Å². The first-order chi connectivity index (χ1) is 8.15. The van der Waals surface area contributed by atoms with E-state index in [0.29, 0.717) is 23.6 Å². The molecule has 1 aromatic heterocycles. The van der Waals surface area contributed by atoms with Crippen molar-refractivity contribution in [1.82, 2.24) is 10.3 Å². The van der Waals surface area contributed by atoms with E-state index in [1.807, 2.05) is 0 Å². The highest BCUT2D eigenvalue weighted by Gasteiger charge is 2.19. The number of anilines is 1. The van der Waals surface area contributed by atoms with Gasteiger partial charge in [0.05, 0.1) is 5.69 Å². The second-order valence-corrected chi connectivity index (χ2v) is 6.19. The zero-order chi connectivity index (χ0) is 12.3. The van der Waals surface area contributed by atoms with E-state index in [1.165, 1.54) is 0 Å². The lowest BCUT2D eigenvalue weighted by molar-refractivity contribution is 0.534. The molecule has 0 bridgehead atoms. The third-order valence-corrected chi connectivity index (χ3v) is 3.96. The summed E-state index contributed by atoms with van der Waals surface area (Å²) < 4.78 is 16.7. The van der Waals surface area contributed by atoms with Gasteiger partial charge in [-0.15, -0.1) is 0 Å². The number of hydrogen-bond donors (Lipinski definition) is 1. The molecular formula is C11H19N3O2S. The molecule has 0 aliphatic carbocycles. The van der Waals surface area contributed by atoms with Crippen molar-refractivity contribution in [2.75, 3.05) is 29.5 Å². The molecule has 0 unspecified atom stereocenters. The van der Waals surface area contributed by atoms with Gasteiger partial charge < -0.3 is 14.6 Å². The van der Waals surface area contributed by atoms with Crippen LogP contribution >= 0.6 is 0 Å². The number of nitrogens with zero attached hydrogens (tertiary/aromatic N) is 2. The van der Waals surface area contributed by atoms with E-state index in [4.69, 9.17) is 4.42 Å². The van der Waals surface area contributed by atoms with Crippen molar-refractivity contribution < 1.29 is 8.63 Å². The second-order valence-electron chi connectivity index (χ2n) is 4.49. The summed E-state index contributed by atoms with van der Waals surface area (Å²) in [5.74, 6) is 1.42. The van der Waals surface area contributed by atoms with Crippen LogP contribution in [0.1, 0.15) is 19.5 Å². The molecule has 17 heavy (non-hydrogen) atoms. The lowest BCUT2D eigenvalue weighted by Crippen LogP contribution is -2.37. The Hall–Kier alpha value is -0.880. The van der Waals surface area contributed by atoms with Crippen LogP contribution in [0.15, 0.2) is 10.7 Å². The molecule has 0 radical (unpaired) electrons. The maximum Gasteiger partial charge on any atom is 0.297 e. The zero-order valence-corrected chi connectivity index (χ0v) is 11.1. The van der Waals surface area contributed by atoms with E-state index in [9.17, 15) is 4.21 Å². The number of hydrogen-bond acceptors (Lipinski definition) is 5. The maximum absolute atomic E-state index is 11.2. The standard InChI is InChI=1S/C11H19N3O2S/c1-9(2)12-7-10-8-16-11(13-10)14-3-5-17(15)6-4-14/h8-9,12H,3-7H2,1-2H3. The summed E-state index contributed by atoms with van der Waals surface area (Å²) in [6, 6.07) is 1.09. The van der Waals surface area contributed by atoms with Crippen molar-refractivity contribution in [3.8, 4) is 0 Å². The van der Waals surface area contributed by atoms with Gasteiger partial charge >= 0.3 is 0 Å². The predicted molar refractivity (Wildman–Crippen MR) is 68.6 cm³/mol. The number of oxazole rings is 1. The lowest BCUT2D eigenvalue weighted by Gasteiger charge is -2.24. The van der Waals surface area contributed by atoms with Crippen LogP contribution in [0.3, 0.4) is 0 Å². The fourth-order valence-electron chi connectivity index (χ4n) is 1.66. The fraction of sp³-hybridized carbons (Fsp3) is 0.727. The first-order valence-corrected chi connectivity index (χ1v) is 7.41. The third kappa shape index (κ3) is 3.54. The average Bonchev–Trinajstić information content (AvgIpc) is 2.76.